The molecule has 0 aromatic heterocycles. The molecule has 3 aliphatic rings. The molecule has 1 fully saturated rings. The number of aliphatic hydroxyl groups is 2. The lowest BCUT2D eigenvalue weighted by molar-refractivity contribution is -0.255. The molecule has 2 aliphatic carbocycles. The maximum atomic E-state index is 15.4. The Labute approximate surface area is 427 Å². The molecule has 13 heteroatoms. The fourth-order valence-corrected chi connectivity index (χ4v) is 10.8. The Balaban J connectivity index is 1.46. The molecule has 3 aromatic rings. The largest absolute Gasteiger partial charge is 0.459 e. The number of hydrogen-bond acceptors (Lipinski definition) is 10. The van der Waals surface area contributed by atoms with Gasteiger partial charge in [0.2, 0.25) is 5.79 Å². The van der Waals surface area contributed by atoms with E-state index in [2.05, 4.69) is 31.0 Å². The van der Waals surface area contributed by atoms with Gasteiger partial charge in [-0.2, -0.15) is 5.26 Å². The van der Waals surface area contributed by atoms with Gasteiger partial charge in [-0.3, -0.25) is 4.79 Å². The third-order valence-electron chi connectivity index (χ3n) is 14.2. The van der Waals surface area contributed by atoms with Crippen molar-refractivity contribution in [1.29, 1.82) is 5.26 Å². The van der Waals surface area contributed by atoms with Crippen LogP contribution in [0.3, 0.4) is 0 Å². The van der Waals surface area contributed by atoms with Crippen molar-refractivity contribution in [3.05, 3.63) is 119 Å². The molecule has 12 nitrogen and oxygen atoms in total. The third-order valence-corrected chi connectivity index (χ3v) is 14.2. The average molecular weight is 991 g/mol. The first-order valence-electron chi connectivity index (χ1n) is 26.6. The van der Waals surface area contributed by atoms with E-state index in [1.54, 1.807) is 53.4 Å². The van der Waals surface area contributed by atoms with Crippen LogP contribution in [0.1, 0.15) is 170 Å². The van der Waals surface area contributed by atoms with Gasteiger partial charge in [0.15, 0.2) is 0 Å². The normalized spacial score (nSPS) is 21.6. The summed E-state index contributed by atoms with van der Waals surface area (Å²) in [4.78, 5) is 36.8. The topological polar surface area (TPSA) is 163 Å². The molecule has 390 valence electrons. The summed E-state index contributed by atoms with van der Waals surface area (Å²) in [5, 5.41) is 37.6. The second-order valence-corrected chi connectivity index (χ2v) is 20.7. The second kappa shape index (κ2) is 27.5. The van der Waals surface area contributed by atoms with E-state index in [-0.39, 0.29) is 56.4 Å². The van der Waals surface area contributed by atoms with Crippen molar-refractivity contribution in [3.8, 4) is 17.6 Å². The second-order valence-electron chi connectivity index (χ2n) is 20.7. The monoisotopic (exact) mass is 991 g/mol. The number of hydrogen-bond donors (Lipinski definition) is 3. The van der Waals surface area contributed by atoms with E-state index in [4.69, 9.17) is 24.2 Å². The predicted molar refractivity (Wildman–Crippen MR) is 279 cm³/mol. The van der Waals surface area contributed by atoms with Gasteiger partial charge in [0.25, 0.3) is 5.91 Å². The molecule has 6 atom stereocenters. The van der Waals surface area contributed by atoms with Gasteiger partial charge in [-0.1, -0.05) is 107 Å². The third kappa shape index (κ3) is 14.8. The number of carbonyl (C=O) groups is 2. The van der Waals surface area contributed by atoms with Gasteiger partial charge >= 0.3 is 6.09 Å². The van der Waals surface area contributed by atoms with Crippen LogP contribution in [0.15, 0.2) is 96.2 Å². The summed E-state index contributed by atoms with van der Waals surface area (Å²) < 4.78 is 35.1. The number of benzene rings is 3. The van der Waals surface area contributed by atoms with Gasteiger partial charge in [-0.15, -0.1) is 6.58 Å². The molecule has 6 rings (SSSR count). The smallest absolute Gasteiger partial charge is 0.412 e. The van der Waals surface area contributed by atoms with Gasteiger partial charge < -0.3 is 39.5 Å². The van der Waals surface area contributed by atoms with Crippen molar-refractivity contribution in [2.75, 3.05) is 26.4 Å². The maximum absolute atomic E-state index is 15.4. The van der Waals surface area contributed by atoms with Crippen LogP contribution in [0.2, 0.25) is 0 Å². The number of rotatable bonds is 28. The van der Waals surface area contributed by atoms with Crippen LogP contribution < -0.4 is 14.8 Å². The molecule has 0 radical (unpaired) electrons. The molecule has 1 aliphatic heterocycles. The number of nitriles is 1. The van der Waals surface area contributed by atoms with Crippen molar-refractivity contribution >= 4 is 17.7 Å². The minimum Gasteiger partial charge on any atom is -0.459 e. The number of halogens is 1. The van der Waals surface area contributed by atoms with Gasteiger partial charge in [0.05, 0.1) is 29.9 Å². The molecule has 72 heavy (non-hydrogen) atoms. The zero-order chi connectivity index (χ0) is 51.5. The highest BCUT2D eigenvalue weighted by Gasteiger charge is 2.65. The van der Waals surface area contributed by atoms with Crippen LogP contribution in [0.5, 0.6) is 11.5 Å². The number of nitrogens with zero attached hydrogens (tertiary/aromatic N) is 3. The lowest BCUT2D eigenvalue weighted by atomic mass is 9.55. The Hall–Kier alpha value is -5.55. The number of unbranched alkanes of at least 4 members (excludes halogenated alkanes) is 11. The van der Waals surface area contributed by atoms with Crippen molar-refractivity contribution in [2.45, 2.75) is 167 Å². The van der Waals surface area contributed by atoms with Crippen molar-refractivity contribution in [2.24, 2.45) is 22.9 Å². The quantitative estimate of drug-likeness (QED) is 0.0365. The maximum Gasteiger partial charge on any atom is 0.412 e. The molecule has 2 amide bonds. The Morgan fingerprint density at radius 1 is 0.917 bits per heavy atom. The predicted octanol–water partition coefficient (Wildman–Crippen LogP) is 12.5. The molecule has 1 saturated carbocycles. The Bertz CT molecular complexity index is 2320. The van der Waals surface area contributed by atoms with Crippen LogP contribution in [0.25, 0.3) is 0 Å². The molecular weight excluding hydrogens is 912 g/mol. The average Bonchev–Trinajstić information content (AvgIpc) is 3.37. The molecule has 3 N–H and O–H groups in total. The van der Waals surface area contributed by atoms with Gasteiger partial charge in [0, 0.05) is 49.8 Å². The number of ether oxygens (including phenoxy) is 3. The standard InChI is InChI=1S/C59H79FN4O8/c1-6-8-9-10-11-12-13-14-15-18-33-62-57(68)70-47-31-32-52-50(38-47)54-48(22-17-20-35-66)45(21-16-19-34-65)37-49-51(63-72-58(3,4)5)39-53(59(71-52,55(49)54)69-36-7-2)64(41-43-25-29-46(60)30-26-43)56(67)44-27-23-42(40-61)24-28-44/h7,23-32,37-38,45,48,53-55,65-66H,2,6,8-22,33-36,39,41H2,1,3-5H3,(H,62,68)/t45-,48+,53-,54+,55+,59+/m0/s1. The first-order chi connectivity index (χ1) is 34.9. The van der Waals surface area contributed by atoms with Crippen LogP contribution in [-0.4, -0.2) is 76.6 Å². The van der Waals surface area contributed by atoms with Crippen molar-refractivity contribution in [1.82, 2.24) is 10.2 Å². The van der Waals surface area contributed by atoms with Crippen molar-refractivity contribution < 1.29 is 43.2 Å². The number of aliphatic hydroxyl groups excluding tert-OH is 2. The molecule has 0 bridgehead atoms. The van der Waals surface area contributed by atoms with Crippen LogP contribution in [0, 0.1) is 34.9 Å². The van der Waals surface area contributed by atoms with Gasteiger partial charge in [-0.05, 0) is 130 Å². The van der Waals surface area contributed by atoms with Crippen LogP contribution in [0.4, 0.5) is 9.18 Å². The minimum atomic E-state index is -1.58. The summed E-state index contributed by atoms with van der Waals surface area (Å²) >= 11 is 0. The lowest BCUT2D eigenvalue weighted by Gasteiger charge is -2.60. The van der Waals surface area contributed by atoms with Gasteiger partial charge in [-0.25, -0.2) is 9.18 Å². The highest BCUT2D eigenvalue weighted by molar-refractivity contribution is 6.03. The number of fused-ring (bicyclic) bond motifs is 2. The highest BCUT2D eigenvalue weighted by atomic mass is 19.1. The fourth-order valence-electron chi connectivity index (χ4n) is 10.8. The number of amides is 2. The van der Waals surface area contributed by atoms with E-state index in [9.17, 15) is 24.7 Å². The van der Waals surface area contributed by atoms with E-state index in [1.807, 2.05) is 32.9 Å². The summed E-state index contributed by atoms with van der Waals surface area (Å²) in [5.74, 6) is -2.58. The molecule has 0 unspecified atom stereocenters. The van der Waals surface area contributed by atoms with E-state index >= 15 is 4.79 Å². The van der Waals surface area contributed by atoms with E-state index in [0.29, 0.717) is 53.3 Å². The Morgan fingerprint density at radius 2 is 1.58 bits per heavy atom. The summed E-state index contributed by atoms with van der Waals surface area (Å²) in [6.07, 6.45) is 19.7. The SMILES string of the molecule is C=CCO[C@@]12Oc3ccc(OC(=O)NCCCCCCCCCCCC)cc3[C@H]3[C@H](CCCCO)[C@@H](CCCCO)C=C(C(=NOC(C)(C)C)C[C@@H]1N(Cc1ccc(F)cc1)C(=O)c1ccc(C#N)cc1)[C@H]32. The first kappa shape index (κ1) is 55.8. The number of oxime groups is 1. The first-order valence-corrected chi connectivity index (χ1v) is 26.6. The molecule has 0 saturated heterocycles. The molecular formula is C59H79FN4O8. The Kier molecular flexibility index (Phi) is 21.3. The Morgan fingerprint density at radius 3 is 2.22 bits per heavy atom. The van der Waals surface area contributed by atoms with E-state index < -0.39 is 35.3 Å². The highest BCUT2D eigenvalue weighted by Crippen LogP contribution is 2.62. The summed E-state index contributed by atoms with van der Waals surface area (Å²) in [6, 6.07) is 19.2. The van der Waals surface area contributed by atoms with Crippen LogP contribution >= 0.6 is 0 Å². The van der Waals surface area contributed by atoms with Crippen molar-refractivity contribution in [3.63, 3.8) is 0 Å². The number of carbonyl (C=O) groups excluding carboxylic acids is 2. The molecule has 1 heterocycles. The van der Waals surface area contributed by atoms with Gasteiger partial charge in [0.1, 0.15) is 29.0 Å². The minimum absolute atomic E-state index is 0.0181. The molecule has 0 spiro atoms. The zero-order valence-corrected chi connectivity index (χ0v) is 43.2. The zero-order valence-electron chi connectivity index (χ0n) is 43.2. The number of nitrogens with one attached hydrogen (secondary N) is 1. The lowest BCUT2D eigenvalue weighted by Crippen LogP contribution is -2.70. The van der Waals surface area contributed by atoms with E-state index in [1.165, 1.54) is 57.1 Å². The number of allylic oxidation sites excluding steroid dienone is 1. The summed E-state index contributed by atoms with van der Waals surface area (Å²) in [6.45, 7) is 12.7. The van der Waals surface area contributed by atoms with E-state index in [0.717, 1.165) is 56.1 Å². The fraction of sp³-hybridized carbons (Fsp3) is 0.559. The van der Waals surface area contributed by atoms with Crippen LogP contribution in [-0.2, 0) is 16.1 Å². The summed E-state index contributed by atoms with van der Waals surface area (Å²) in [5.41, 5.74) is 3.00. The summed E-state index contributed by atoms with van der Waals surface area (Å²) in [7, 11) is 0. The molecule has 3 aromatic carbocycles.